The van der Waals surface area contributed by atoms with Gasteiger partial charge in [-0.1, -0.05) is 11.6 Å². The first-order valence-corrected chi connectivity index (χ1v) is 5.48. The Bertz CT molecular complexity index is 410. The number of nitrogen functional groups attached to an aromatic ring is 1. The summed E-state index contributed by atoms with van der Waals surface area (Å²) >= 11 is 5.82. The van der Waals surface area contributed by atoms with E-state index in [1.807, 2.05) is 4.90 Å². The molecule has 0 unspecified atom stereocenters. The largest absolute Gasteiger partial charge is 0.396 e. The van der Waals surface area contributed by atoms with E-state index in [0.29, 0.717) is 23.2 Å². The van der Waals surface area contributed by atoms with Crippen LogP contribution < -0.4 is 16.0 Å². The fourth-order valence-corrected chi connectivity index (χ4v) is 1.82. The molecule has 0 aliphatic carbocycles. The maximum Gasteiger partial charge on any atom is 0.239 e. The number of rotatable bonds is 1. The van der Waals surface area contributed by atoms with Crippen molar-refractivity contribution in [2.24, 2.45) is 0 Å². The van der Waals surface area contributed by atoms with Crippen LogP contribution in [-0.4, -0.2) is 30.5 Å². The number of nitrogens with zero attached hydrogens (tertiary/aromatic N) is 2. The zero-order valence-electron chi connectivity index (χ0n) is 8.74. The van der Waals surface area contributed by atoms with Gasteiger partial charge in [0.2, 0.25) is 5.91 Å². The molecule has 86 valence electrons. The summed E-state index contributed by atoms with van der Waals surface area (Å²) in [6, 6.07) is 3.34. The van der Waals surface area contributed by atoms with Crippen LogP contribution in [0, 0.1) is 0 Å². The number of halogens is 1. The molecule has 3 N–H and O–H groups in total. The van der Waals surface area contributed by atoms with Crippen LogP contribution in [-0.2, 0) is 4.79 Å². The van der Waals surface area contributed by atoms with Crippen molar-refractivity contribution in [2.75, 3.05) is 30.3 Å². The molecule has 1 saturated heterocycles. The standard InChI is InChI=1S/C10H13ClN4O/c11-8-3-2-7(12)10(14-8)15-5-1-4-13-9(16)6-15/h2-3H,1,4-6,12H2,(H,13,16). The fraction of sp³-hybridized carbons (Fsp3) is 0.400. The van der Waals surface area contributed by atoms with Crippen LogP contribution in [0.1, 0.15) is 6.42 Å². The average Bonchev–Trinajstić information content (AvgIpc) is 2.46. The lowest BCUT2D eigenvalue weighted by Crippen LogP contribution is -2.33. The summed E-state index contributed by atoms with van der Waals surface area (Å²) in [5.41, 5.74) is 6.36. The number of carbonyl (C=O) groups is 1. The van der Waals surface area contributed by atoms with Crippen LogP contribution >= 0.6 is 11.6 Å². The molecule has 1 aromatic heterocycles. The van der Waals surface area contributed by atoms with Gasteiger partial charge in [-0.2, -0.15) is 0 Å². The summed E-state index contributed by atoms with van der Waals surface area (Å²) in [5.74, 6) is 0.572. The van der Waals surface area contributed by atoms with Gasteiger partial charge in [-0.25, -0.2) is 4.98 Å². The van der Waals surface area contributed by atoms with E-state index in [0.717, 1.165) is 13.0 Å². The Kier molecular flexibility index (Phi) is 3.14. The molecule has 0 atom stereocenters. The van der Waals surface area contributed by atoms with Crippen molar-refractivity contribution in [1.82, 2.24) is 10.3 Å². The van der Waals surface area contributed by atoms with E-state index in [1.165, 1.54) is 0 Å². The minimum Gasteiger partial charge on any atom is -0.396 e. The highest BCUT2D eigenvalue weighted by atomic mass is 35.5. The maximum absolute atomic E-state index is 11.4. The molecule has 1 aliphatic rings. The van der Waals surface area contributed by atoms with Crippen molar-refractivity contribution < 1.29 is 4.79 Å². The maximum atomic E-state index is 11.4. The highest BCUT2D eigenvalue weighted by Gasteiger charge is 2.18. The first kappa shape index (κ1) is 11.0. The number of nitrogens with one attached hydrogen (secondary N) is 1. The van der Waals surface area contributed by atoms with Crippen LogP contribution in [0.3, 0.4) is 0 Å². The van der Waals surface area contributed by atoms with Crippen LogP contribution in [0.25, 0.3) is 0 Å². The third-order valence-corrected chi connectivity index (χ3v) is 2.64. The van der Waals surface area contributed by atoms with E-state index in [4.69, 9.17) is 17.3 Å². The van der Waals surface area contributed by atoms with E-state index in [2.05, 4.69) is 10.3 Å². The number of hydrogen-bond donors (Lipinski definition) is 2. The highest BCUT2D eigenvalue weighted by molar-refractivity contribution is 6.29. The lowest BCUT2D eigenvalue weighted by atomic mass is 10.3. The zero-order chi connectivity index (χ0) is 11.5. The third-order valence-electron chi connectivity index (χ3n) is 2.43. The van der Waals surface area contributed by atoms with Crippen molar-refractivity contribution in [2.45, 2.75) is 6.42 Å². The van der Waals surface area contributed by atoms with Crippen LogP contribution in [0.5, 0.6) is 0 Å². The van der Waals surface area contributed by atoms with Crippen LogP contribution in [0.4, 0.5) is 11.5 Å². The molecule has 5 nitrogen and oxygen atoms in total. The summed E-state index contributed by atoms with van der Waals surface area (Å²) < 4.78 is 0. The van der Waals surface area contributed by atoms with Crippen LogP contribution in [0.15, 0.2) is 12.1 Å². The molecule has 0 spiro atoms. The molecular formula is C10H13ClN4O. The van der Waals surface area contributed by atoms with Gasteiger partial charge in [0, 0.05) is 13.1 Å². The van der Waals surface area contributed by atoms with Gasteiger partial charge in [0.25, 0.3) is 0 Å². The second kappa shape index (κ2) is 4.57. The molecule has 1 aliphatic heterocycles. The molecule has 2 rings (SSSR count). The molecule has 2 heterocycles. The van der Waals surface area contributed by atoms with Gasteiger partial charge in [0.1, 0.15) is 5.15 Å². The zero-order valence-corrected chi connectivity index (χ0v) is 9.50. The number of aromatic nitrogens is 1. The van der Waals surface area contributed by atoms with Crippen molar-refractivity contribution in [3.63, 3.8) is 0 Å². The summed E-state index contributed by atoms with van der Waals surface area (Å²) in [7, 11) is 0. The molecular weight excluding hydrogens is 228 g/mol. The second-order valence-corrected chi connectivity index (χ2v) is 4.06. The molecule has 1 amide bonds. The second-order valence-electron chi connectivity index (χ2n) is 3.67. The third kappa shape index (κ3) is 2.36. The minimum atomic E-state index is -0.0151. The highest BCUT2D eigenvalue weighted by Crippen LogP contribution is 2.23. The molecule has 0 aromatic carbocycles. The predicted molar refractivity (Wildman–Crippen MR) is 63.5 cm³/mol. The first-order chi connectivity index (χ1) is 7.66. The predicted octanol–water partition coefficient (Wildman–Crippen LogP) is 0.643. The monoisotopic (exact) mass is 240 g/mol. The van der Waals surface area contributed by atoms with Crippen LogP contribution in [0.2, 0.25) is 5.15 Å². The smallest absolute Gasteiger partial charge is 0.239 e. The lowest BCUT2D eigenvalue weighted by Gasteiger charge is -2.21. The van der Waals surface area contributed by atoms with Crippen molar-refractivity contribution >= 4 is 29.0 Å². The fourth-order valence-electron chi connectivity index (χ4n) is 1.68. The normalized spacial score (nSPS) is 16.8. The Morgan fingerprint density at radius 1 is 1.50 bits per heavy atom. The summed E-state index contributed by atoms with van der Waals surface area (Å²) in [5, 5.41) is 3.18. The van der Waals surface area contributed by atoms with Crippen molar-refractivity contribution in [3.05, 3.63) is 17.3 Å². The quantitative estimate of drug-likeness (QED) is 0.707. The number of hydrogen-bond acceptors (Lipinski definition) is 4. The lowest BCUT2D eigenvalue weighted by molar-refractivity contribution is -0.119. The molecule has 0 radical (unpaired) electrons. The first-order valence-electron chi connectivity index (χ1n) is 5.10. The van der Waals surface area contributed by atoms with E-state index < -0.39 is 0 Å². The molecule has 0 saturated carbocycles. The molecule has 6 heteroatoms. The molecule has 16 heavy (non-hydrogen) atoms. The molecule has 1 fully saturated rings. The Balaban J connectivity index is 2.27. The van der Waals surface area contributed by atoms with Gasteiger partial charge in [-0.15, -0.1) is 0 Å². The summed E-state index contributed by atoms with van der Waals surface area (Å²) in [6.45, 7) is 1.71. The number of amides is 1. The topological polar surface area (TPSA) is 71.2 Å². The Labute approximate surface area is 98.6 Å². The SMILES string of the molecule is Nc1ccc(Cl)nc1N1CCCNC(=O)C1. The average molecular weight is 241 g/mol. The number of anilines is 2. The Morgan fingerprint density at radius 2 is 2.31 bits per heavy atom. The van der Waals surface area contributed by atoms with Gasteiger partial charge in [0.05, 0.1) is 12.2 Å². The van der Waals surface area contributed by atoms with Crippen molar-refractivity contribution in [3.8, 4) is 0 Å². The number of carbonyl (C=O) groups excluding carboxylic acids is 1. The Morgan fingerprint density at radius 3 is 3.12 bits per heavy atom. The number of pyridine rings is 1. The minimum absolute atomic E-state index is 0.0151. The van der Waals surface area contributed by atoms with Gasteiger partial charge in [-0.05, 0) is 18.6 Å². The van der Waals surface area contributed by atoms with Gasteiger partial charge in [-0.3, -0.25) is 4.79 Å². The van der Waals surface area contributed by atoms with Gasteiger partial charge in [0.15, 0.2) is 5.82 Å². The Hall–Kier alpha value is -1.49. The van der Waals surface area contributed by atoms with E-state index in [1.54, 1.807) is 12.1 Å². The van der Waals surface area contributed by atoms with Gasteiger partial charge >= 0.3 is 0 Å². The van der Waals surface area contributed by atoms with Crippen molar-refractivity contribution in [1.29, 1.82) is 0 Å². The van der Waals surface area contributed by atoms with E-state index in [9.17, 15) is 4.79 Å². The molecule has 0 bridgehead atoms. The van der Waals surface area contributed by atoms with Gasteiger partial charge < -0.3 is 16.0 Å². The van der Waals surface area contributed by atoms with E-state index in [-0.39, 0.29) is 12.5 Å². The number of nitrogens with two attached hydrogens (primary N) is 1. The van der Waals surface area contributed by atoms with E-state index >= 15 is 0 Å². The molecule has 1 aromatic rings. The summed E-state index contributed by atoms with van der Waals surface area (Å²) in [4.78, 5) is 17.4. The summed E-state index contributed by atoms with van der Waals surface area (Å²) in [6.07, 6.45) is 0.874.